The van der Waals surface area contributed by atoms with Gasteiger partial charge in [-0.25, -0.2) is 4.98 Å². The lowest BCUT2D eigenvalue weighted by molar-refractivity contribution is -0.128. The van der Waals surface area contributed by atoms with Crippen molar-refractivity contribution in [2.45, 2.75) is 39.2 Å². The van der Waals surface area contributed by atoms with E-state index in [4.69, 9.17) is 19.2 Å². The molecule has 49 heavy (non-hydrogen) atoms. The minimum Gasteiger partial charge on any atom is -0.493 e. The summed E-state index contributed by atoms with van der Waals surface area (Å²) in [5.74, 6) is 2.12. The van der Waals surface area contributed by atoms with E-state index in [1.807, 2.05) is 30.3 Å². The van der Waals surface area contributed by atoms with E-state index in [0.717, 1.165) is 55.7 Å². The minimum atomic E-state index is -0.111. The number of benzene rings is 3. The van der Waals surface area contributed by atoms with E-state index >= 15 is 0 Å². The molecule has 0 unspecified atom stereocenters. The molecule has 1 aliphatic heterocycles. The van der Waals surface area contributed by atoms with Gasteiger partial charge in [0, 0.05) is 68.5 Å². The number of hydrogen-bond acceptors (Lipinski definition) is 8. The first kappa shape index (κ1) is 34.1. The maximum Gasteiger partial charge on any atom is 0.251 e. The van der Waals surface area contributed by atoms with Crippen molar-refractivity contribution in [1.82, 2.24) is 25.1 Å². The van der Waals surface area contributed by atoms with Crippen molar-refractivity contribution in [2.75, 3.05) is 72.5 Å². The quantitative estimate of drug-likeness (QED) is 0.204. The lowest BCUT2D eigenvalue weighted by Gasteiger charge is -2.37. The molecule has 0 bridgehead atoms. The Morgan fingerprint density at radius 1 is 0.918 bits per heavy atom. The monoisotopic (exact) mass is 668 g/mol. The third kappa shape index (κ3) is 6.90. The summed E-state index contributed by atoms with van der Waals surface area (Å²) in [6.45, 7) is 9.95. The van der Waals surface area contributed by atoms with Gasteiger partial charge >= 0.3 is 0 Å². The number of amides is 2. The topological polar surface area (TPSA) is 110 Å². The number of ether oxygens (including phenoxy) is 3. The zero-order valence-corrected chi connectivity index (χ0v) is 29.5. The first-order valence-corrected chi connectivity index (χ1v) is 17.1. The van der Waals surface area contributed by atoms with Crippen molar-refractivity contribution >= 4 is 28.5 Å². The summed E-state index contributed by atoms with van der Waals surface area (Å²) in [5, 5.41) is 5.91. The highest BCUT2D eigenvalue weighted by Gasteiger charge is 2.37. The van der Waals surface area contributed by atoms with Crippen LogP contribution < -0.4 is 29.7 Å². The van der Waals surface area contributed by atoms with E-state index < -0.39 is 0 Å². The van der Waals surface area contributed by atoms with Crippen LogP contribution in [0.4, 0.5) is 5.69 Å². The highest BCUT2D eigenvalue weighted by atomic mass is 16.5. The molecule has 11 heteroatoms. The molecule has 1 saturated heterocycles. The number of nitrogens with zero attached hydrogens (tertiary/aromatic N) is 4. The van der Waals surface area contributed by atoms with Gasteiger partial charge in [-0.1, -0.05) is 12.1 Å². The van der Waals surface area contributed by atoms with Crippen molar-refractivity contribution in [3.63, 3.8) is 0 Å². The number of nitrogens with one attached hydrogen (secondary N) is 2. The Bertz CT molecular complexity index is 1800. The Labute approximate surface area is 288 Å². The normalized spacial score (nSPS) is 17.8. The van der Waals surface area contributed by atoms with Crippen molar-refractivity contribution < 1.29 is 23.8 Å². The molecule has 0 atom stereocenters. The van der Waals surface area contributed by atoms with Gasteiger partial charge in [0.25, 0.3) is 5.91 Å². The SMILES string of the molecule is CNC(=O)C1CC(n2c(-c3cc(OC)c(OC)c(OC)c3)nc3ccc(C(=O)NCCCN4CCN(c5cccc(C)c5C)CC4)cc32)C1. The average molecular weight is 669 g/mol. The highest BCUT2D eigenvalue weighted by molar-refractivity contribution is 5.98. The Balaban J connectivity index is 1.15. The van der Waals surface area contributed by atoms with Gasteiger partial charge in [-0.15, -0.1) is 0 Å². The summed E-state index contributed by atoms with van der Waals surface area (Å²) in [6.07, 6.45) is 2.24. The van der Waals surface area contributed by atoms with Gasteiger partial charge in [0.2, 0.25) is 11.7 Å². The van der Waals surface area contributed by atoms with Crippen LogP contribution in [0.2, 0.25) is 0 Å². The largest absolute Gasteiger partial charge is 0.493 e. The Morgan fingerprint density at radius 2 is 1.63 bits per heavy atom. The van der Waals surface area contributed by atoms with Crippen LogP contribution in [0.5, 0.6) is 17.2 Å². The predicted octanol–water partition coefficient (Wildman–Crippen LogP) is 4.99. The fourth-order valence-electron chi connectivity index (χ4n) is 7.13. The zero-order valence-electron chi connectivity index (χ0n) is 29.5. The molecule has 2 fully saturated rings. The number of piperazine rings is 1. The maximum absolute atomic E-state index is 13.4. The van der Waals surface area contributed by atoms with Gasteiger partial charge in [0.1, 0.15) is 5.82 Å². The Hall–Kier alpha value is -4.77. The van der Waals surface area contributed by atoms with Crippen molar-refractivity contribution in [1.29, 1.82) is 0 Å². The number of aryl methyl sites for hydroxylation is 1. The molecule has 2 heterocycles. The molecule has 3 aromatic carbocycles. The molecule has 0 radical (unpaired) electrons. The molecule has 1 aliphatic carbocycles. The second-order valence-electron chi connectivity index (χ2n) is 13.0. The summed E-state index contributed by atoms with van der Waals surface area (Å²) in [4.78, 5) is 35.8. The average Bonchev–Trinajstić information content (AvgIpc) is 3.48. The van der Waals surface area contributed by atoms with E-state index in [2.05, 4.69) is 57.0 Å². The molecule has 2 amide bonds. The van der Waals surface area contributed by atoms with Gasteiger partial charge in [0.15, 0.2) is 11.5 Å². The molecule has 1 saturated carbocycles. The molecule has 0 spiro atoms. The van der Waals surface area contributed by atoms with Crippen molar-refractivity contribution in [2.24, 2.45) is 5.92 Å². The number of fused-ring (bicyclic) bond motifs is 1. The summed E-state index contributed by atoms with van der Waals surface area (Å²) >= 11 is 0. The van der Waals surface area contributed by atoms with Crippen LogP contribution in [0.15, 0.2) is 48.5 Å². The number of aromatic nitrogens is 2. The van der Waals surface area contributed by atoms with E-state index in [-0.39, 0.29) is 23.8 Å². The second-order valence-corrected chi connectivity index (χ2v) is 13.0. The number of methoxy groups -OCH3 is 3. The maximum atomic E-state index is 13.4. The fraction of sp³-hybridized carbons (Fsp3) is 0.447. The predicted molar refractivity (Wildman–Crippen MR) is 192 cm³/mol. The third-order valence-electron chi connectivity index (χ3n) is 10.2. The standard InChI is InChI=1S/C38H48N6O5/c1-24-9-7-10-31(25(24)2)43-17-15-42(16-18-43)14-8-13-40-38(46)26-11-12-30-32(21-26)44(29-19-28(20-29)37(45)39-3)36(41-30)27-22-33(47-4)35(49-6)34(23-27)48-5/h7,9-12,21-23,28-29H,8,13-20H2,1-6H3,(H,39,45)(H,40,46). The smallest absolute Gasteiger partial charge is 0.251 e. The number of anilines is 1. The van der Waals surface area contributed by atoms with Crippen LogP contribution in [-0.4, -0.2) is 93.9 Å². The van der Waals surface area contributed by atoms with Gasteiger partial charge in [0.05, 0.1) is 32.4 Å². The number of carbonyl (C=O) groups excluding carboxylic acids is 2. The van der Waals surface area contributed by atoms with Crippen LogP contribution in [0.25, 0.3) is 22.4 Å². The van der Waals surface area contributed by atoms with Crippen molar-refractivity contribution in [3.05, 3.63) is 65.2 Å². The molecule has 260 valence electrons. The van der Waals surface area contributed by atoms with Gasteiger partial charge < -0.3 is 34.3 Å². The lowest BCUT2D eigenvalue weighted by atomic mass is 9.79. The van der Waals surface area contributed by atoms with E-state index in [9.17, 15) is 9.59 Å². The summed E-state index contributed by atoms with van der Waals surface area (Å²) in [5.41, 5.74) is 7.00. The van der Waals surface area contributed by atoms with Gasteiger partial charge in [-0.2, -0.15) is 0 Å². The first-order chi connectivity index (χ1) is 23.8. The van der Waals surface area contributed by atoms with E-state index in [0.29, 0.717) is 48.0 Å². The number of hydrogen-bond donors (Lipinski definition) is 2. The molecule has 2 aliphatic rings. The van der Waals surface area contributed by atoms with Crippen LogP contribution in [0, 0.1) is 19.8 Å². The van der Waals surface area contributed by atoms with Crippen LogP contribution in [-0.2, 0) is 4.79 Å². The fourth-order valence-corrected chi connectivity index (χ4v) is 7.13. The summed E-state index contributed by atoms with van der Waals surface area (Å²) in [7, 11) is 6.41. The van der Waals surface area contributed by atoms with Crippen LogP contribution in [0.1, 0.15) is 46.8 Å². The van der Waals surface area contributed by atoms with E-state index in [1.165, 1.54) is 16.8 Å². The molecule has 6 rings (SSSR count). The van der Waals surface area contributed by atoms with Crippen LogP contribution in [0.3, 0.4) is 0 Å². The number of carbonyl (C=O) groups is 2. The van der Waals surface area contributed by atoms with Crippen molar-refractivity contribution in [3.8, 4) is 28.6 Å². The van der Waals surface area contributed by atoms with Crippen LogP contribution >= 0.6 is 0 Å². The number of rotatable bonds is 12. The molecule has 1 aromatic heterocycles. The molecule has 4 aromatic rings. The number of imidazole rings is 1. The Kier molecular flexibility index (Phi) is 10.3. The summed E-state index contributed by atoms with van der Waals surface area (Å²) < 4.78 is 19.0. The second kappa shape index (κ2) is 14.8. The Morgan fingerprint density at radius 3 is 2.29 bits per heavy atom. The highest BCUT2D eigenvalue weighted by Crippen LogP contribution is 2.45. The minimum absolute atomic E-state index is 0.0370. The lowest BCUT2D eigenvalue weighted by Crippen LogP contribution is -2.47. The third-order valence-corrected chi connectivity index (χ3v) is 10.2. The van der Waals surface area contributed by atoms with Gasteiger partial charge in [-0.05, 0) is 87.2 Å². The molecular formula is C38H48N6O5. The summed E-state index contributed by atoms with van der Waals surface area (Å²) in [6, 6.07) is 16.0. The molecular weight excluding hydrogens is 620 g/mol. The zero-order chi connectivity index (χ0) is 34.7. The van der Waals surface area contributed by atoms with E-state index in [1.54, 1.807) is 28.4 Å². The first-order valence-electron chi connectivity index (χ1n) is 17.1. The van der Waals surface area contributed by atoms with Gasteiger partial charge in [-0.3, -0.25) is 14.5 Å². The molecule has 2 N–H and O–H groups in total. The molecule has 11 nitrogen and oxygen atoms in total.